The molecule has 100 valence electrons. The summed E-state index contributed by atoms with van der Waals surface area (Å²) in [6.45, 7) is 6.11. The van der Waals surface area contributed by atoms with Crippen molar-refractivity contribution in [2.45, 2.75) is 70.8 Å². The molecule has 1 aliphatic rings. The second-order valence-corrected chi connectivity index (χ2v) is 5.24. The Balaban J connectivity index is 2.87. The number of likely N-dealkylation sites (tertiary alicyclic amines) is 1. The highest BCUT2D eigenvalue weighted by molar-refractivity contribution is 5.78. The fourth-order valence-electron chi connectivity index (χ4n) is 3.12. The van der Waals surface area contributed by atoms with Crippen LogP contribution in [0, 0.1) is 0 Å². The molecule has 1 aliphatic heterocycles. The van der Waals surface area contributed by atoms with Crippen LogP contribution in [-0.4, -0.2) is 34.6 Å². The maximum absolute atomic E-state index is 11.8. The van der Waals surface area contributed by atoms with Crippen molar-refractivity contribution in [3.8, 4) is 0 Å². The summed E-state index contributed by atoms with van der Waals surface area (Å²) < 4.78 is 0. The first-order valence-corrected chi connectivity index (χ1v) is 7.16. The predicted octanol–water partition coefficient (Wildman–Crippen LogP) is 3.29. The van der Waals surface area contributed by atoms with Gasteiger partial charge in [-0.1, -0.05) is 39.5 Å². The first-order chi connectivity index (χ1) is 8.17. The van der Waals surface area contributed by atoms with E-state index in [4.69, 9.17) is 0 Å². The first kappa shape index (κ1) is 14.5. The van der Waals surface area contributed by atoms with Crippen LogP contribution in [0.4, 0.5) is 0 Å². The molecule has 0 aromatic rings. The highest BCUT2D eigenvalue weighted by Crippen LogP contribution is 2.30. The van der Waals surface area contributed by atoms with Crippen molar-refractivity contribution in [2.75, 3.05) is 13.1 Å². The third-order valence-electron chi connectivity index (χ3n) is 3.94. The number of carboxylic acids is 1. The zero-order valence-corrected chi connectivity index (χ0v) is 11.4. The van der Waals surface area contributed by atoms with Gasteiger partial charge in [0.25, 0.3) is 0 Å². The molecule has 0 aliphatic carbocycles. The van der Waals surface area contributed by atoms with E-state index in [1.54, 1.807) is 0 Å². The molecule has 0 unspecified atom stereocenters. The lowest BCUT2D eigenvalue weighted by Crippen LogP contribution is -2.55. The van der Waals surface area contributed by atoms with Crippen LogP contribution < -0.4 is 0 Å². The molecule has 17 heavy (non-hydrogen) atoms. The maximum atomic E-state index is 11.8. The molecule has 0 spiro atoms. The SMILES string of the molecule is CCCC(CCC)(C(=O)O)N1CCCCCC1. The molecule has 1 saturated heterocycles. The van der Waals surface area contributed by atoms with Gasteiger partial charge in [0.1, 0.15) is 5.54 Å². The van der Waals surface area contributed by atoms with Gasteiger partial charge in [0, 0.05) is 0 Å². The normalized spacial score (nSPS) is 18.9. The van der Waals surface area contributed by atoms with Crippen LogP contribution >= 0.6 is 0 Å². The van der Waals surface area contributed by atoms with E-state index in [2.05, 4.69) is 18.7 Å². The van der Waals surface area contributed by atoms with Crippen LogP contribution in [-0.2, 0) is 4.79 Å². The van der Waals surface area contributed by atoms with Crippen LogP contribution in [0.5, 0.6) is 0 Å². The fourth-order valence-corrected chi connectivity index (χ4v) is 3.12. The van der Waals surface area contributed by atoms with Gasteiger partial charge in [-0.15, -0.1) is 0 Å². The van der Waals surface area contributed by atoms with Gasteiger partial charge in [0.05, 0.1) is 0 Å². The molecule has 1 N–H and O–H groups in total. The van der Waals surface area contributed by atoms with Gasteiger partial charge in [-0.3, -0.25) is 9.69 Å². The van der Waals surface area contributed by atoms with E-state index in [0.29, 0.717) is 0 Å². The van der Waals surface area contributed by atoms with E-state index in [9.17, 15) is 9.90 Å². The minimum atomic E-state index is -0.608. The van der Waals surface area contributed by atoms with E-state index in [0.717, 1.165) is 51.6 Å². The lowest BCUT2D eigenvalue weighted by atomic mass is 9.86. The predicted molar refractivity (Wildman–Crippen MR) is 70.2 cm³/mol. The minimum Gasteiger partial charge on any atom is -0.480 e. The van der Waals surface area contributed by atoms with Gasteiger partial charge < -0.3 is 5.11 Å². The van der Waals surface area contributed by atoms with Gasteiger partial charge in [0.15, 0.2) is 0 Å². The minimum absolute atomic E-state index is 0.589. The fraction of sp³-hybridized carbons (Fsp3) is 0.929. The molecule has 0 radical (unpaired) electrons. The summed E-state index contributed by atoms with van der Waals surface area (Å²) in [5, 5.41) is 9.69. The third kappa shape index (κ3) is 3.44. The number of carboxylic acid groups (broad SMARTS) is 1. The van der Waals surface area contributed by atoms with E-state index in [1.807, 2.05) is 0 Å². The smallest absolute Gasteiger partial charge is 0.324 e. The molecule has 3 heteroatoms. The largest absolute Gasteiger partial charge is 0.480 e. The van der Waals surface area contributed by atoms with Gasteiger partial charge in [0.2, 0.25) is 0 Å². The van der Waals surface area contributed by atoms with Crippen molar-refractivity contribution in [1.82, 2.24) is 4.90 Å². The molecule has 0 aromatic heterocycles. The molecular weight excluding hydrogens is 214 g/mol. The Labute approximate surface area is 105 Å². The lowest BCUT2D eigenvalue weighted by molar-refractivity contribution is -0.153. The van der Waals surface area contributed by atoms with Crippen molar-refractivity contribution in [2.24, 2.45) is 0 Å². The molecule has 0 atom stereocenters. The number of aliphatic carboxylic acids is 1. The quantitative estimate of drug-likeness (QED) is 0.775. The summed E-state index contributed by atoms with van der Waals surface area (Å²) in [5.74, 6) is -0.608. The first-order valence-electron chi connectivity index (χ1n) is 7.16. The average molecular weight is 241 g/mol. The van der Waals surface area contributed by atoms with E-state index >= 15 is 0 Å². The molecule has 0 bridgehead atoms. The second-order valence-electron chi connectivity index (χ2n) is 5.24. The Hall–Kier alpha value is -0.570. The number of rotatable bonds is 6. The Morgan fingerprint density at radius 3 is 1.88 bits per heavy atom. The van der Waals surface area contributed by atoms with Gasteiger partial charge in [-0.05, 0) is 38.8 Å². The molecule has 1 fully saturated rings. The number of carbonyl (C=O) groups is 1. The molecule has 1 rings (SSSR count). The van der Waals surface area contributed by atoms with Crippen molar-refractivity contribution in [1.29, 1.82) is 0 Å². The molecule has 1 heterocycles. The van der Waals surface area contributed by atoms with Crippen molar-refractivity contribution in [3.05, 3.63) is 0 Å². The number of hydrogen-bond donors (Lipinski definition) is 1. The summed E-state index contributed by atoms with van der Waals surface area (Å²) in [7, 11) is 0. The average Bonchev–Trinajstić information content (AvgIpc) is 2.57. The van der Waals surface area contributed by atoms with Crippen molar-refractivity contribution >= 4 is 5.97 Å². The Kier molecular flexibility index (Phi) is 5.96. The number of hydrogen-bond acceptors (Lipinski definition) is 2. The zero-order valence-electron chi connectivity index (χ0n) is 11.4. The van der Waals surface area contributed by atoms with Gasteiger partial charge in [-0.2, -0.15) is 0 Å². The summed E-state index contributed by atoms with van der Waals surface area (Å²) >= 11 is 0. The maximum Gasteiger partial charge on any atom is 0.324 e. The monoisotopic (exact) mass is 241 g/mol. The van der Waals surface area contributed by atoms with Crippen LogP contribution in [0.2, 0.25) is 0 Å². The lowest BCUT2D eigenvalue weighted by Gasteiger charge is -2.40. The summed E-state index contributed by atoms with van der Waals surface area (Å²) in [5.41, 5.74) is -0.589. The summed E-state index contributed by atoms with van der Waals surface area (Å²) in [6.07, 6.45) is 8.29. The van der Waals surface area contributed by atoms with E-state index < -0.39 is 11.5 Å². The Bertz CT molecular complexity index is 226. The van der Waals surface area contributed by atoms with Crippen molar-refractivity contribution < 1.29 is 9.90 Å². The summed E-state index contributed by atoms with van der Waals surface area (Å²) in [6, 6.07) is 0. The molecular formula is C14H27NO2. The van der Waals surface area contributed by atoms with E-state index in [-0.39, 0.29) is 0 Å². The second kappa shape index (κ2) is 7.00. The highest BCUT2D eigenvalue weighted by Gasteiger charge is 2.42. The van der Waals surface area contributed by atoms with Gasteiger partial charge >= 0.3 is 5.97 Å². The highest BCUT2D eigenvalue weighted by atomic mass is 16.4. The standard InChI is InChI=1S/C14H27NO2/c1-3-9-14(10-4-2,13(16)17)15-11-7-5-6-8-12-15/h3-12H2,1-2H3,(H,16,17). The molecule has 0 amide bonds. The van der Waals surface area contributed by atoms with Gasteiger partial charge in [-0.25, -0.2) is 0 Å². The Morgan fingerprint density at radius 1 is 1.06 bits per heavy atom. The number of nitrogens with zero attached hydrogens (tertiary/aromatic N) is 1. The van der Waals surface area contributed by atoms with Crippen LogP contribution in [0.25, 0.3) is 0 Å². The van der Waals surface area contributed by atoms with E-state index in [1.165, 1.54) is 12.8 Å². The topological polar surface area (TPSA) is 40.5 Å². The Morgan fingerprint density at radius 2 is 1.53 bits per heavy atom. The molecule has 0 saturated carbocycles. The van der Waals surface area contributed by atoms with Crippen LogP contribution in [0.15, 0.2) is 0 Å². The third-order valence-corrected chi connectivity index (χ3v) is 3.94. The molecule has 0 aromatic carbocycles. The zero-order chi connectivity index (χ0) is 12.7. The van der Waals surface area contributed by atoms with Crippen molar-refractivity contribution in [3.63, 3.8) is 0 Å². The summed E-state index contributed by atoms with van der Waals surface area (Å²) in [4.78, 5) is 14.0. The molecule has 3 nitrogen and oxygen atoms in total. The van der Waals surface area contributed by atoms with Crippen LogP contribution in [0.1, 0.15) is 65.2 Å². The van der Waals surface area contributed by atoms with Crippen LogP contribution in [0.3, 0.4) is 0 Å².